The minimum Gasteiger partial charge on any atom is -0.492 e. The Bertz CT molecular complexity index is 465. The molecule has 0 aliphatic carbocycles. The third kappa shape index (κ3) is 1.97. The molecule has 3 atom stereocenters. The Morgan fingerprint density at radius 3 is 3.17 bits per heavy atom. The fraction of sp³-hybridized carbons (Fsp3) is 0.462. The second kappa shape index (κ2) is 4.82. The van der Waals surface area contributed by atoms with Crippen molar-refractivity contribution in [1.29, 1.82) is 0 Å². The van der Waals surface area contributed by atoms with Crippen molar-refractivity contribution in [2.45, 2.75) is 17.3 Å². The van der Waals surface area contributed by atoms with Crippen LogP contribution in [0.15, 0.2) is 24.3 Å². The highest BCUT2D eigenvalue weighted by Crippen LogP contribution is 2.40. The number of carbonyl (C=O) groups is 1. The molecule has 5 heteroatoms. The van der Waals surface area contributed by atoms with Crippen molar-refractivity contribution in [3.63, 3.8) is 0 Å². The molecule has 0 spiro atoms. The molecule has 1 N–H and O–H groups in total. The molecule has 0 bridgehead atoms. The van der Waals surface area contributed by atoms with Crippen LogP contribution in [0.4, 0.5) is 0 Å². The number of carbonyl (C=O) groups excluding carboxylic acids is 1. The van der Waals surface area contributed by atoms with Gasteiger partial charge >= 0.3 is 5.97 Å². The van der Waals surface area contributed by atoms with Crippen molar-refractivity contribution in [2.75, 3.05) is 19.5 Å². The van der Waals surface area contributed by atoms with Gasteiger partial charge in [-0.25, -0.2) is 0 Å². The molecule has 18 heavy (non-hydrogen) atoms. The van der Waals surface area contributed by atoms with E-state index in [1.165, 1.54) is 7.11 Å². The highest BCUT2D eigenvalue weighted by molar-refractivity contribution is 8.00. The predicted molar refractivity (Wildman–Crippen MR) is 69.9 cm³/mol. The SMILES string of the molecule is COC(=O)C1CSC2COc3ccccc3C2N1. The summed E-state index contributed by atoms with van der Waals surface area (Å²) in [7, 11) is 1.43. The van der Waals surface area contributed by atoms with Gasteiger partial charge in [-0.15, -0.1) is 0 Å². The summed E-state index contributed by atoms with van der Waals surface area (Å²) in [5.74, 6) is 1.46. The van der Waals surface area contributed by atoms with Crippen LogP contribution in [0.1, 0.15) is 11.6 Å². The van der Waals surface area contributed by atoms with E-state index in [1.54, 1.807) is 11.8 Å². The van der Waals surface area contributed by atoms with Crippen LogP contribution in [0.3, 0.4) is 0 Å². The maximum Gasteiger partial charge on any atom is 0.323 e. The molecule has 2 aliphatic rings. The fourth-order valence-corrected chi connectivity index (χ4v) is 3.70. The molecule has 3 unspecified atom stereocenters. The van der Waals surface area contributed by atoms with Gasteiger partial charge in [-0.2, -0.15) is 11.8 Å². The first-order chi connectivity index (χ1) is 8.79. The van der Waals surface area contributed by atoms with E-state index in [4.69, 9.17) is 9.47 Å². The highest BCUT2D eigenvalue weighted by Gasteiger charge is 2.39. The number of fused-ring (bicyclic) bond motifs is 3. The average Bonchev–Trinajstić information content (AvgIpc) is 2.45. The lowest BCUT2D eigenvalue weighted by Gasteiger charge is -2.39. The number of thioether (sulfide) groups is 1. The number of benzene rings is 1. The molecule has 0 saturated carbocycles. The maximum atomic E-state index is 11.6. The predicted octanol–water partition coefficient (Wildman–Crippen LogP) is 1.37. The summed E-state index contributed by atoms with van der Waals surface area (Å²) in [5.41, 5.74) is 1.13. The van der Waals surface area contributed by atoms with Gasteiger partial charge in [0.15, 0.2) is 0 Å². The Balaban J connectivity index is 1.86. The molecule has 1 aromatic rings. The summed E-state index contributed by atoms with van der Waals surface area (Å²) in [6.45, 7) is 0.688. The molecular weight excluding hydrogens is 250 g/mol. The van der Waals surface area contributed by atoms with Gasteiger partial charge in [0.25, 0.3) is 0 Å². The first-order valence-corrected chi connectivity index (χ1v) is 7.01. The summed E-state index contributed by atoms with van der Waals surface area (Å²) < 4.78 is 10.5. The van der Waals surface area contributed by atoms with Crippen molar-refractivity contribution >= 4 is 17.7 Å². The third-order valence-electron chi connectivity index (χ3n) is 3.37. The summed E-state index contributed by atoms with van der Waals surface area (Å²) >= 11 is 1.77. The highest BCUT2D eigenvalue weighted by atomic mass is 32.2. The van der Waals surface area contributed by atoms with E-state index in [0.29, 0.717) is 11.9 Å². The van der Waals surface area contributed by atoms with E-state index in [-0.39, 0.29) is 18.1 Å². The molecule has 96 valence electrons. The molecule has 2 aliphatic heterocycles. The number of hydrogen-bond acceptors (Lipinski definition) is 5. The van der Waals surface area contributed by atoms with Crippen molar-refractivity contribution in [1.82, 2.24) is 5.32 Å². The van der Waals surface area contributed by atoms with Crippen molar-refractivity contribution < 1.29 is 14.3 Å². The number of hydrogen-bond donors (Lipinski definition) is 1. The van der Waals surface area contributed by atoms with Gasteiger partial charge in [0.05, 0.1) is 18.4 Å². The summed E-state index contributed by atoms with van der Waals surface area (Å²) in [6, 6.07) is 7.93. The summed E-state index contributed by atoms with van der Waals surface area (Å²) in [6.07, 6.45) is 0. The van der Waals surface area contributed by atoms with Crippen LogP contribution in [-0.4, -0.2) is 36.7 Å². The molecule has 1 saturated heterocycles. The Hall–Kier alpha value is -1.20. The Morgan fingerprint density at radius 1 is 1.50 bits per heavy atom. The largest absolute Gasteiger partial charge is 0.492 e. The standard InChI is InChI=1S/C13H15NO3S/c1-16-13(15)9-7-18-11-6-17-10-5-3-2-4-8(10)12(11)14-9/h2-5,9,11-12,14H,6-7H2,1H3. The molecular formula is C13H15NO3S. The molecule has 0 aromatic heterocycles. The van der Waals surface area contributed by atoms with Crippen molar-refractivity contribution in [3.05, 3.63) is 29.8 Å². The average molecular weight is 265 g/mol. The van der Waals surface area contributed by atoms with Gasteiger partial charge in [0.2, 0.25) is 0 Å². The smallest absolute Gasteiger partial charge is 0.323 e. The van der Waals surface area contributed by atoms with Crippen molar-refractivity contribution in [2.24, 2.45) is 0 Å². The van der Waals surface area contributed by atoms with Crippen LogP contribution in [0, 0.1) is 0 Å². The zero-order chi connectivity index (χ0) is 12.5. The molecule has 3 rings (SSSR count). The zero-order valence-electron chi connectivity index (χ0n) is 10.1. The first-order valence-electron chi connectivity index (χ1n) is 5.97. The Kier molecular flexibility index (Phi) is 3.18. The second-order valence-corrected chi connectivity index (χ2v) is 5.71. The molecule has 2 heterocycles. The maximum absolute atomic E-state index is 11.6. The number of rotatable bonds is 1. The Labute approximate surface area is 110 Å². The summed E-state index contributed by atoms with van der Waals surface area (Å²) in [5, 5.41) is 3.75. The van der Waals surface area contributed by atoms with Crippen LogP contribution < -0.4 is 10.1 Å². The lowest BCUT2D eigenvalue weighted by molar-refractivity contribution is -0.142. The van der Waals surface area contributed by atoms with Gasteiger partial charge in [-0.1, -0.05) is 18.2 Å². The molecule has 1 aromatic carbocycles. The van der Waals surface area contributed by atoms with E-state index in [0.717, 1.165) is 17.1 Å². The number of methoxy groups -OCH3 is 1. The number of nitrogens with one attached hydrogen (secondary N) is 1. The monoisotopic (exact) mass is 265 g/mol. The number of ether oxygens (including phenoxy) is 2. The normalized spacial score (nSPS) is 29.7. The zero-order valence-corrected chi connectivity index (χ0v) is 10.9. The van der Waals surface area contributed by atoms with Gasteiger partial charge < -0.3 is 9.47 Å². The van der Waals surface area contributed by atoms with Gasteiger partial charge in [0.1, 0.15) is 18.4 Å². The topological polar surface area (TPSA) is 47.6 Å². The number of para-hydroxylation sites is 1. The van der Waals surface area contributed by atoms with E-state index < -0.39 is 0 Å². The number of esters is 1. The van der Waals surface area contributed by atoms with Crippen LogP contribution in [0.25, 0.3) is 0 Å². The molecule has 1 fully saturated rings. The van der Waals surface area contributed by atoms with Gasteiger partial charge in [-0.05, 0) is 6.07 Å². The van der Waals surface area contributed by atoms with Crippen LogP contribution in [0.2, 0.25) is 0 Å². The molecule has 0 amide bonds. The second-order valence-electron chi connectivity index (χ2n) is 4.44. The van der Waals surface area contributed by atoms with E-state index in [1.807, 2.05) is 18.2 Å². The molecule has 4 nitrogen and oxygen atoms in total. The van der Waals surface area contributed by atoms with Gasteiger partial charge in [0, 0.05) is 11.3 Å². The van der Waals surface area contributed by atoms with Crippen molar-refractivity contribution in [3.8, 4) is 5.75 Å². The lowest BCUT2D eigenvalue weighted by Crippen LogP contribution is -2.51. The Morgan fingerprint density at radius 2 is 2.33 bits per heavy atom. The van der Waals surface area contributed by atoms with E-state index >= 15 is 0 Å². The minimum absolute atomic E-state index is 0.165. The first kappa shape index (κ1) is 11.9. The minimum atomic E-state index is -0.229. The van der Waals surface area contributed by atoms with Crippen LogP contribution >= 0.6 is 11.8 Å². The third-order valence-corrected chi connectivity index (χ3v) is 4.73. The van der Waals surface area contributed by atoms with Crippen LogP contribution in [-0.2, 0) is 9.53 Å². The quantitative estimate of drug-likeness (QED) is 0.777. The van der Waals surface area contributed by atoms with Gasteiger partial charge in [-0.3, -0.25) is 10.1 Å². The molecule has 0 radical (unpaired) electrons. The van der Waals surface area contributed by atoms with E-state index in [9.17, 15) is 4.79 Å². The van der Waals surface area contributed by atoms with E-state index in [2.05, 4.69) is 11.4 Å². The lowest BCUT2D eigenvalue weighted by atomic mass is 9.99. The summed E-state index contributed by atoms with van der Waals surface area (Å²) in [4.78, 5) is 11.6. The fourth-order valence-electron chi connectivity index (χ4n) is 2.44. The van der Waals surface area contributed by atoms with Crippen LogP contribution in [0.5, 0.6) is 5.75 Å².